The van der Waals surface area contributed by atoms with Crippen molar-refractivity contribution in [3.05, 3.63) is 34.9 Å². The Morgan fingerprint density at radius 1 is 1.38 bits per heavy atom. The van der Waals surface area contributed by atoms with E-state index in [4.69, 9.17) is 17.3 Å². The minimum atomic E-state index is 0.306. The van der Waals surface area contributed by atoms with E-state index >= 15 is 0 Å². The molecule has 2 aromatic rings. The van der Waals surface area contributed by atoms with Crippen molar-refractivity contribution in [3.8, 4) is 0 Å². The summed E-state index contributed by atoms with van der Waals surface area (Å²) in [6, 6.07) is 7.75. The van der Waals surface area contributed by atoms with E-state index in [0.717, 1.165) is 17.0 Å². The topological polar surface area (TPSA) is 79.6 Å². The lowest BCUT2D eigenvalue weighted by molar-refractivity contribution is 0.985. The molecule has 0 aliphatic heterocycles. The molecule has 6 heteroatoms. The van der Waals surface area contributed by atoms with Crippen molar-refractivity contribution in [2.24, 2.45) is 0 Å². The first-order valence-electron chi connectivity index (χ1n) is 4.91. The molecule has 0 aliphatic carbocycles. The summed E-state index contributed by atoms with van der Waals surface area (Å²) in [7, 11) is 0. The zero-order chi connectivity index (χ0) is 11.4. The molecule has 2 rings (SSSR count). The highest BCUT2D eigenvalue weighted by molar-refractivity contribution is 6.31. The van der Waals surface area contributed by atoms with Gasteiger partial charge in [-0.3, -0.25) is 0 Å². The van der Waals surface area contributed by atoms with E-state index in [2.05, 4.69) is 20.5 Å². The second-order valence-electron chi connectivity index (χ2n) is 3.31. The summed E-state index contributed by atoms with van der Waals surface area (Å²) in [5.74, 6) is 0.810. The van der Waals surface area contributed by atoms with Crippen molar-refractivity contribution in [2.45, 2.75) is 6.42 Å². The summed E-state index contributed by atoms with van der Waals surface area (Å²) < 4.78 is 0. The summed E-state index contributed by atoms with van der Waals surface area (Å²) in [5.41, 5.74) is 6.49. The normalized spacial score (nSPS) is 10.3. The minimum Gasteiger partial charge on any atom is -0.368 e. The molecule has 4 N–H and O–H groups in total. The highest BCUT2D eigenvalue weighted by Crippen LogP contribution is 2.15. The number of aromatic nitrogens is 3. The Kier molecular flexibility index (Phi) is 3.26. The van der Waals surface area contributed by atoms with Crippen molar-refractivity contribution < 1.29 is 0 Å². The highest BCUT2D eigenvalue weighted by atomic mass is 35.5. The van der Waals surface area contributed by atoms with Gasteiger partial charge in [0, 0.05) is 11.6 Å². The van der Waals surface area contributed by atoms with Crippen molar-refractivity contribution in [1.29, 1.82) is 0 Å². The smallest absolute Gasteiger partial charge is 0.243 e. The predicted octanol–water partition coefficient (Wildman–Crippen LogP) is 1.69. The molecule has 1 aromatic carbocycles. The van der Waals surface area contributed by atoms with Crippen LogP contribution in [0.15, 0.2) is 24.3 Å². The number of nitrogens with zero attached hydrogens (tertiary/aromatic N) is 2. The average molecular weight is 238 g/mol. The van der Waals surface area contributed by atoms with E-state index in [1.165, 1.54) is 0 Å². The Morgan fingerprint density at radius 3 is 2.88 bits per heavy atom. The van der Waals surface area contributed by atoms with Crippen LogP contribution in [0, 0.1) is 0 Å². The standard InChI is InChI=1S/C10H12ClN5/c11-8-4-2-1-3-7(8)5-6-13-10-14-9(12)15-16-10/h1-4H,5-6H2,(H4,12,13,14,15,16). The fourth-order valence-electron chi connectivity index (χ4n) is 1.36. The third-order valence-electron chi connectivity index (χ3n) is 2.14. The molecule has 0 aliphatic rings. The maximum absolute atomic E-state index is 6.02. The molecule has 1 aromatic heterocycles. The number of rotatable bonds is 4. The fourth-order valence-corrected chi connectivity index (χ4v) is 1.59. The van der Waals surface area contributed by atoms with Crippen LogP contribution in [0.5, 0.6) is 0 Å². The van der Waals surface area contributed by atoms with E-state index < -0.39 is 0 Å². The van der Waals surface area contributed by atoms with Crippen LogP contribution < -0.4 is 11.1 Å². The van der Waals surface area contributed by atoms with Gasteiger partial charge in [-0.05, 0) is 18.1 Å². The van der Waals surface area contributed by atoms with E-state index in [9.17, 15) is 0 Å². The second kappa shape index (κ2) is 4.85. The van der Waals surface area contributed by atoms with E-state index in [1.807, 2.05) is 24.3 Å². The average Bonchev–Trinajstić information content (AvgIpc) is 2.67. The summed E-state index contributed by atoms with van der Waals surface area (Å²) >= 11 is 6.02. The molecule has 84 valence electrons. The molecule has 0 saturated carbocycles. The van der Waals surface area contributed by atoms with Gasteiger partial charge in [-0.15, -0.1) is 5.10 Å². The zero-order valence-electron chi connectivity index (χ0n) is 8.57. The van der Waals surface area contributed by atoms with Crippen molar-refractivity contribution in [3.63, 3.8) is 0 Å². The predicted molar refractivity (Wildman–Crippen MR) is 64.4 cm³/mol. The molecule has 1 heterocycles. The van der Waals surface area contributed by atoms with Gasteiger partial charge in [0.15, 0.2) is 0 Å². The molecule has 0 amide bonds. The number of nitrogens with one attached hydrogen (secondary N) is 2. The Balaban J connectivity index is 1.87. The molecule has 5 nitrogen and oxygen atoms in total. The van der Waals surface area contributed by atoms with Crippen LogP contribution in [0.1, 0.15) is 5.56 Å². The summed E-state index contributed by atoms with van der Waals surface area (Å²) in [5, 5.41) is 10.2. The van der Waals surface area contributed by atoms with E-state index in [-0.39, 0.29) is 0 Å². The van der Waals surface area contributed by atoms with Gasteiger partial charge in [0.2, 0.25) is 11.9 Å². The number of H-pyrrole nitrogens is 1. The molecule has 0 spiro atoms. The van der Waals surface area contributed by atoms with Gasteiger partial charge < -0.3 is 11.1 Å². The van der Waals surface area contributed by atoms with Crippen LogP contribution in [0.25, 0.3) is 0 Å². The van der Waals surface area contributed by atoms with Gasteiger partial charge in [0.25, 0.3) is 0 Å². The molecule has 0 unspecified atom stereocenters. The van der Waals surface area contributed by atoms with Crippen molar-refractivity contribution in [1.82, 2.24) is 15.2 Å². The lowest BCUT2D eigenvalue weighted by Gasteiger charge is -2.03. The fraction of sp³-hybridized carbons (Fsp3) is 0.200. The van der Waals surface area contributed by atoms with E-state index in [1.54, 1.807) is 0 Å². The number of benzene rings is 1. The Labute approximate surface area is 98.0 Å². The molecule has 16 heavy (non-hydrogen) atoms. The molecule has 0 saturated heterocycles. The number of aromatic amines is 1. The summed E-state index contributed by atoms with van der Waals surface area (Å²) in [6.07, 6.45) is 0.814. The first-order valence-corrected chi connectivity index (χ1v) is 5.28. The molecule has 0 bridgehead atoms. The lowest BCUT2D eigenvalue weighted by Crippen LogP contribution is -2.06. The van der Waals surface area contributed by atoms with Gasteiger partial charge in [0.05, 0.1) is 0 Å². The number of halogens is 1. The number of nitrogen functional groups attached to an aromatic ring is 1. The highest BCUT2D eigenvalue weighted by Gasteiger charge is 2.01. The van der Waals surface area contributed by atoms with Crippen molar-refractivity contribution in [2.75, 3.05) is 17.6 Å². The Bertz CT molecular complexity index is 468. The van der Waals surface area contributed by atoms with Gasteiger partial charge in [-0.1, -0.05) is 29.8 Å². The Morgan fingerprint density at radius 2 is 2.19 bits per heavy atom. The van der Waals surface area contributed by atoms with Crippen LogP contribution in [-0.4, -0.2) is 21.7 Å². The Hall–Kier alpha value is -1.75. The molecular weight excluding hydrogens is 226 g/mol. The molecule has 0 atom stereocenters. The van der Waals surface area contributed by atoms with Crippen LogP contribution >= 0.6 is 11.6 Å². The first kappa shape index (κ1) is 10.8. The SMILES string of the molecule is Nc1nc(NCCc2ccccc2Cl)n[nH]1. The molecule has 0 radical (unpaired) electrons. The van der Waals surface area contributed by atoms with Crippen LogP contribution in [0.2, 0.25) is 5.02 Å². The first-order chi connectivity index (χ1) is 7.75. The zero-order valence-corrected chi connectivity index (χ0v) is 9.33. The van der Waals surface area contributed by atoms with Crippen LogP contribution in [0.4, 0.5) is 11.9 Å². The summed E-state index contributed by atoms with van der Waals surface area (Å²) in [6.45, 7) is 0.709. The monoisotopic (exact) mass is 237 g/mol. The van der Waals surface area contributed by atoms with Gasteiger partial charge >= 0.3 is 0 Å². The lowest BCUT2D eigenvalue weighted by atomic mass is 10.1. The number of hydrogen-bond acceptors (Lipinski definition) is 4. The largest absolute Gasteiger partial charge is 0.368 e. The third-order valence-corrected chi connectivity index (χ3v) is 2.51. The van der Waals surface area contributed by atoms with Crippen LogP contribution in [0.3, 0.4) is 0 Å². The second-order valence-corrected chi connectivity index (χ2v) is 3.72. The van der Waals surface area contributed by atoms with Gasteiger partial charge in [-0.2, -0.15) is 4.98 Å². The maximum Gasteiger partial charge on any atom is 0.243 e. The quantitative estimate of drug-likeness (QED) is 0.756. The van der Waals surface area contributed by atoms with Crippen molar-refractivity contribution >= 4 is 23.5 Å². The third kappa shape index (κ3) is 2.64. The molecule has 0 fully saturated rings. The maximum atomic E-state index is 6.02. The number of hydrogen-bond donors (Lipinski definition) is 3. The van der Waals surface area contributed by atoms with E-state index in [0.29, 0.717) is 18.4 Å². The van der Waals surface area contributed by atoms with Gasteiger partial charge in [0.1, 0.15) is 0 Å². The minimum absolute atomic E-state index is 0.306. The van der Waals surface area contributed by atoms with Gasteiger partial charge in [-0.25, -0.2) is 5.10 Å². The van der Waals surface area contributed by atoms with Crippen LogP contribution in [-0.2, 0) is 6.42 Å². The summed E-state index contributed by atoms with van der Waals surface area (Å²) in [4.78, 5) is 3.93. The number of nitrogens with two attached hydrogens (primary N) is 1. The molecular formula is C10H12ClN5. The number of anilines is 2.